The minimum atomic E-state index is -0.142. The Hall–Kier alpha value is -2.44. The summed E-state index contributed by atoms with van der Waals surface area (Å²) >= 11 is 0. The number of pyridine rings is 1. The fraction of sp³-hybridized carbons (Fsp3) is 0.385. The van der Waals surface area contributed by atoms with Gasteiger partial charge in [-0.05, 0) is 12.5 Å². The number of nitrogens with one attached hydrogen (secondary N) is 3. The van der Waals surface area contributed by atoms with E-state index in [4.69, 9.17) is 0 Å². The lowest BCUT2D eigenvalue weighted by molar-refractivity contribution is 0.0954. The van der Waals surface area contributed by atoms with Crippen LogP contribution < -0.4 is 10.6 Å². The second-order valence-corrected chi connectivity index (χ2v) is 4.29. The molecule has 0 aromatic carbocycles. The molecular formula is C13H18N6O. The first kappa shape index (κ1) is 14.0. The van der Waals surface area contributed by atoms with Crippen molar-refractivity contribution in [3.63, 3.8) is 0 Å². The maximum Gasteiger partial charge on any atom is 0.254 e. The van der Waals surface area contributed by atoms with Gasteiger partial charge in [0.1, 0.15) is 12.2 Å². The summed E-state index contributed by atoms with van der Waals surface area (Å²) in [7, 11) is 0. The first-order valence-electron chi connectivity index (χ1n) is 6.61. The van der Waals surface area contributed by atoms with Gasteiger partial charge in [0.15, 0.2) is 0 Å². The molecule has 3 N–H and O–H groups in total. The predicted octanol–water partition coefficient (Wildman–Crippen LogP) is 0.994. The molecular weight excluding hydrogens is 256 g/mol. The van der Waals surface area contributed by atoms with Gasteiger partial charge in [0.2, 0.25) is 0 Å². The topological polar surface area (TPSA) is 95.6 Å². The van der Waals surface area contributed by atoms with Gasteiger partial charge in [-0.1, -0.05) is 6.92 Å². The van der Waals surface area contributed by atoms with Crippen LogP contribution in [0.2, 0.25) is 0 Å². The van der Waals surface area contributed by atoms with Gasteiger partial charge in [-0.25, -0.2) is 4.98 Å². The van der Waals surface area contributed by atoms with E-state index in [0.29, 0.717) is 18.5 Å². The Morgan fingerprint density at radius 2 is 2.30 bits per heavy atom. The monoisotopic (exact) mass is 274 g/mol. The number of nitrogens with zero attached hydrogens (tertiary/aromatic N) is 3. The van der Waals surface area contributed by atoms with Crippen LogP contribution in [0.3, 0.4) is 0 Å². The summed E-state index contributed by atoms with van der Waals surface area (Å²) in [5.74, 6) is 0.608. The van der Waals surface area contributed by atoms with E-state index >= 15 is 0 Å². The molecule has 0 bridgehead atoms. The molecule has 20 heavy (non-hydrogen) atoms. The molecule has 0 fully saturated rings. The van der Waals surface area contributed by atoms with Crippen LogP contribution in [0, 0.1) is 0 Å². The molecule has 0 aliphatic rings. The lowest BCUT2D eigenvalue weighted by Crippen LogP contribution is -2.27. The molecule has 0 saturated heterocycles. The van der Waals surface area contributed by atoms with Gasteiger partial charge in [0.25, 0.3) is 5.91 Å². The first-order valence-corrected chi connectivity index (χ1v) is 6.61. The molecule has 7 nitrogen and oxygen atoms in total. The Labute approximate surface area is 117 Å². The number of hydrogen-bond donors (Lipinski definition) is 3. The number of anilines is 1. The second kappa shape index (κ2) is 7.22. The summed E-state index contributed by atoms with van der Waals surface area (Å²) in [4.78, 5) is 20.1. The highest BCUT2D eigenvalue weighted by atomic mass is 16.1. The van der Waals surface area contributed by atoms with Gasteiger partial charge in [-0.2, -0.15) is 5.10 Å². The SMILES string of the molecule is CCCNc1ccncc1C(=O)NCCc1ncn[nH]1. The average molecular weight is 274 g/mol. The van der Waals surface area contributed by atoms with Crippen LogP contribution >= 0.6 is 0 Å². The lowest BCUT2D eigenvalue weighted by atomic mass is 10.2. The highest BCUT2D eigenvalue weighted by Gasteiger charge is 2.10. The molecule has 0 atom stereocenters. The Bertz CT molecular complexity index is 540. The van der Waals surface area contributed by atoms with E-state index in [1.54, 1.807) is 18.5 Å². The highest BCUT2D eigenvalue weighted by Crippen LogP contribution is 2.13. The van der Waals surface area contributed by atoms with Crippen LogP contribution in [-0.2, 0) is 6.42 Å². The van der Waals surface area contributed by atoms with Gasteiger partial charge in [-0.15, -0.1) is 0 Å². The highest BCUT2D eigenvalue weighted by molar-refractivity contribution is 5.99. The van der Waals surface area contributed by atoms with Crippen LogP contribution in [0.1, 0.15) is 29.5 Å². The smallest absolute Gasteiger partial charge is 0.254 e. The quantitative estimate of drug-likeness (QED) is 0.700. The number of aromatic nitrogens is 4. The third kappa shape index (κ3) is 3.78. The predicted molar refractivity (Wildman–Crippen MR) is 75.4 cm³/mol. The van der Waals surface area contributed by atoms with E-state index in [2.05, 4.69) is 37.7 Å². The number of aromatic amines is 1. The summed E-state index contributed by atoms with van der Waals surface area (Å²) in [6.07, 6.45) is 6.30. The molecule has 106 valence electrons. The second-order valence-electron chi connectivity index (χ2n) is 4.29. The molecule has 2 aromatic rings. The molecule has 0 spiro atoms. The standard InChI is InChI=1S/C13H18N6O/c1-2-5-15-11-3-6-14-8-10(11)13(20)16-7-4-12-17-9-18-19-12/h3,6,8-9H,2,4-5,7H2,1H3,(H,14,15)(H,16,20)(H,17,18,19). The summed E-state index contributed by atoms with van der Waals surface area (Å²) in [6, 6.07) is 1.81. The zero-order chi connectivity index (χ0) is 14.2. The van der Waals surface area contributed by atoms with Gasteiger partial charge < -0.3 is 10.6 Å². The van der Waals surface area contributed by atoms with Crippen molar-refractivity contribution < 1.29 is 4.79 Å². The third-order valence-electron chi connectivity index (χ3n) is 2.74. The van der Waals surface area contributed by atoms with Crippen molar-refractivity contribution in [3.05, 3.63) is 36.2 Å². The van der Waals surface area contributed by atoms with E-state index in [-0.39, 0.29) is 5.91 Å². The molecule has 0 aliphatic heterocycles. The summed E-state index contributed by atoms with van der Waals surface area (Å²) in [5, 5.41) is 12.6. The Kier molecular flexibility index (Phi) is 5.05. The lowest BCUT2D eigenvalue weighted by Gasteiger charge is -2.10. The Morgan fingerprint density at radius 1 is 1.40 bits per heavy atom. The van der Waals surface area contributed by atoms with Crippen molar-refractivity contribution in [1.82, 2.24) is 25.5 Å². The van der Waals surface area contributed by atoms with Crippen molar-refractivity contribution in [3.8, 4) is 0 Å². The minimum Gasteiger partial charge on any atom is -0.384 e. The van der Waals surface area contributed by atoms with Crippen molar-refractivity contribution in [1.29, 1.82) is 0 Å². The maximum atomic E-state index is 12.1. The molecule has 2 aromatic heterocycles. The fourth-order valence-corrected chi connectivity index (χ4v) is 1.73. The van der Waals surface area contributed by atoms with Crippen LogP contribution in [0.25, 0.3) is 0 Å². The number of rotatable bonds is 7. The van der Waals surface area contributed by atoms with E-state index in [1.807, 2.05) is 0 Å². The van der Waals surface area contributed by atoms with Crippen LogP contribution in [0.4, 0.5) is 5.69 Å². The zero-order valence-electron chi connectivity index (χ0n) is 11.4. The molecule has 0 saturated carbocycles. The Morgan fingerprint density at radius 3 is 3.05 bits per heavy atom. The summed E-state index contributed by atoms with van der Waals surface area (Å²) in [6.45, 7) is 3.39. The van der Waals surface area contributed by atoms with E-state index in [0.717, 1.165) is 24.5 Å². The normalized spacial score (nSPS) is 10.2. The fourth-order valence-electron chi connectivity index (χ4n) is 1.73. The van der Waals surface area contributed by atoms with Crippen molar-refractivity contribution in [2.24, 2.45) is 0 Å². The molecule has 1 amide bonds. The van der Waals surface area contributed by atoms with Crippen molar-refractivity contribution in [2.45, 2.75) is 19.8 Å². The molecule has 2 heterocycles. The van der Waals surface area contributed by atoms with Crippen LogP contribution in [-0.4, -0.2) is 39.2 Å². The van der Waals surface area contributed by atoms with Crippen molar-refractivity contribution in [2.75, 3.05) is 18.4 Å². The van der Waals surface area contributed by atoms with Gasteiger partial charge in [0.05, 0.1) is 11.3 Å². The first-order chi connectivity index (χ1) is 9.81. The molecule has 7 heteroatoms. The van der Waals surface area contributed by atoms with Gasteiger partial charge >= 0.3 is 0 Å². The number of hydrogen-bond acceptors (Lipinski definition) is 5. The number of carbonyl (C=O) groups excluding carboxylic acids is 1. The maximum absolute atomic E-state index is 12.1. The number of H-pyrrole nitrogens is 1. The van der Waals surface area contributed by atoms with Gasteiger partial charge in [-0.3, -0.25) is 14.9 Å². The number of amides is 1. The molecule has 0 unspecified atom stereocenters. The molecule has 0 aliphatic carbocycles. The van der Waals surface area contributed by atoms with E-state index in [9.17, 15) is 4.79 Å². The summed E-state index contributed by atoms with van der Waals surface area (Å²) < 4.78 is 0. The molecule has 0 radical (unpaired) electrons. The van der Waals surface area contributed by atoms with E-state index < -0.39 is 0 Å². The number of carbonyl (C=O) groups is 1. The van der Waals surface area contributed by atoms with Crippen LogP contribution in [0.15, 0.2) is 24.8 Å². The minimum absolute atomic E-state index is 0.142. The molecule has 2 rings (SSSR count). The summed E-state index contributed by atoms with van der Waals surface area (Å²) in [5.41, 5.74) is 1.36. The largest absolute Gasteiger partial charge is 0.384 e. The Balaban J connectivity index is 1.91. The third-order valence-corrected chi connectivity index (χ3v) is 2.74. The zero-order valence-corrected chi connectivity index (χ0v) is 11.4. The van der Waals surface area contributed by atoms with E-state index in [1.165, 1.54) is 6.33 Å². The van der Waals surface area contributed by atoms with Gasteiger partial charge in [0, 0.05) is 31.9 Å². The average Bonchev–Trinajstić information content (AvgIpc) is 2.98. The van der Waals surface area contributed by atoms with Crippen LogP contribution in [0.5, 0.6) is 0 Å². The van der Waals surface area contributed by atoms with Crippen molar-refractivity contribution >= 4 is 11.6 Å².